The van der Waals surface area contributed by atoms with Crippen LogP contribution in [0.5, 0.6) is 0 Å². The maximum Gasteiger partial charge on any atom is 0.310 e. The van der Waals surface area contributed by atoms with E-state index in [0.717, 1.165) is 49.2 Å². The number of nitrogens with one attached hydrogen (secondary N) is 1. The van der Waals surface area contributed by atoms with E-state index in [-0.39, 0.29) is 36.1 Å². The van der Waals surface area contributed by atoms with Crippen molar-refractivity contribution in [1.29, 1.82) is 0 Å². The monoisotopic (exact) mass is 528 g/mol. The first-order valence-corrected chi connectivity index (χ1v) is 13.2. The second-order valence-corrected chi connectivity index (χ2v) is 10.3. The van der Waals surface area contributed by atoms with Crippen LogP contribution in [0.1, 0.15) is 31.0 Å². The number of hydrogen-bond donors (Lipinski definition) is 2. The summed E-state index contributed by atoms with van der Waals surface area (Å²) in [6.45, 7) is 4.58. The highest BCUT2D eigenvalue weighted by Gasteiger charge is 2.32. The van der Waals surface area contributed by atoms with Gasteiger partial charge >= 0.3 is 5.97 Å². The van der Waals surface area contributed by atoms with Crippen LogP contribution in [0.3, 0.4) is 0 Å². The molecule has 4 rings (SSSR count). The molecule has 2 heterocycles. The highest BCUT2D eigenvalue weighted by Crippen LogP contribution is 2.29. The van der Waals surface area contributed by atoms with Crippen LogP contribution in [0.4, 0.5) is 4.39 Å². The fourth-order valence-electron chi connectivity index (χ4n) is 5.03. The predicted molar refractivity (Wildman–Crippen MR) is 140 cm³/mol. The highest BCUT2D eigenvalue weighted by atomic mass is 35.5. The molecule has 0 amide bonds. The summed E-state index contributed by atoms with van der Waals surface area (Å²) < 4.78 is 19.8. The number of likely N-dealkylation sites (tertiary alicyclic amines) is 1. The van der Waals surface area contributed by atoms with Gasteiger partial charge in [-0.15, -0.1) is 0 Å². The molecule has 2 N–H and O–H groups in total. The number of ether oxygens (including phenoxy) is 1. The van der Waals surface area contributed by atoms with Gasteiger partial charge in [0.05, 0.1) is 24.4 Å². The molecule has 1 saturated heterocycles. The minimum absolute atomic E-state index is 0.173. The third-order valence-corrected chi connectivity index (χ3v) is 7.23. The summed E-state index contributed by atoms with van der Waals surface area (Å²) in [5, 5.41) is 20.6. The fraction of sp³-hybridized carbons (Fsp3) is 0.464. The lowest BCUT2D eigenvalue weighted by Crippen LogP contribution is -2.51. The Bertz CT molecular complexity index is 1140. The van der Waals surface area contributed by atoms with Gasteiger partial charge in [-0.25, -0.2) is 4.39 Å². The van der Waals surface area contributed by atoms with Crippen LogP contribution < -0.4 is 0 Å². The van der Waals surface area contributed by atoms with Gasteiger partial charge < -0.3 is 14.7 Å². The quantitative estimate of drug-likeness (QED) is 0.316. The van der Waals surface area contributed by atoms with Gasteiger partial charge in [-0.05, 0) is 67.9 Å². The van der Waals surface area contributed by atoms with Crippen molar-refractivity contribution < 1.29 is 19.0 Å². The van der Waals surface area contributed by atoms with Gasteiger partial charge in [-0.1, -0.05) is 35.9 Å². The fourth-order valence-corrected chi connectivity index (χ4v) is 5.21. The Balaban J connectivity index is 1.48. The molecule has 1 aliphatic rings. The molecule has 3 aromatic rings. The lowest BCUT2D eigenvalue weighted by atomic mass is 9.84. The third-order valence-electron chi connectivity index (χ3n) is 7.00. The Labute approximate surface area is 222 Å². The summed E-state index contributed by atoms with van der Waals surface area (Å²) in [6.07, 6.45) is 4.77. The third kappa shape index (κ3) is 7.60. The Hall–Kier alpha value is -2.81. The smallest absolute Gasteiger partial charge is 0.310 e. The number of aliphatic hydroxyl groups excluding tert-OH is 1. The molecular weight excluding hydrogens is 495 g/mol. The van der Waals surface area contributed by atoms with E-state index in [1.807, 2.05) is 31.2 Å². The van der Waals surface area contributed by atoms with E-state index in [2.05, 4.69) is 20.3 Å². The molecule has 0 saturated carbocycles. The van der Waals surface area contributed by atoms with Crippen LogP contribution in [0.2, 0.25) is 5.02 Å². The van der Waals surface area contributed by atoms with Crippen LogP contribution in [-0.2, 0) is 22.4 Å². The second kappa shape index (κ2) is 13.1. The molecule has 198 valence electrons. The number of nitrogens with zero attached hydrogens (tertiary/aromatic N) is 3. The maximum absolute atomic E-state index is 14.3. The van der Waals surface area contributed by atoms with Crippen LogP contribution in [-0.4, -0.2) is 64.2 Å². The molecule has 1 aromatic heterocycles. The van der Waals surface area contributed by atoms with Crippen molar-refractivity contribution in [1.82, 2.24) is 20.3 Å². The summed E-state index contributed by atoms with van der Waals surface area (Å²) in [4.78, 5) is 15.1. The number of halogens is 2. The number of carbonyl (C=O) groups excluding carboxylic acids is 1. The summed E-state index contributed by atoms with van der Waals surface area (Å²) in [6, 6.07) is 12.4. The van der Waals surface area contributed by atoms with E-state index in [1.165, 1.54) is 6.07 Å². The summed E-state index contributed by atoms with van der Waals surface area (Å²) in [5.41, 5.74) is 3.24. The summed E-state index contributed by atoms with van der Waals surface area (Å²) >= 11 is 6.08. The van der Waals surface area contributed by atoms with Crippen LogP contribution >= 0.6 is 11.6 Å². The lowest BCUT2D eigenvalue weighted by molar-refractivity contribution is -0.150. The van der Waals surface area contributed by atoms with Crippen LogP contribution in [0.15, 0.2) is 48.7 Å². The van der Waals surface area contributed by atoms with Gasteiger partial charge in [-0.2, -0.15) is 15.4 Å². The average Bonchev–Trinajstić information content (AvgIpc) is 3.39. The average molecular weight is 529 g/mol. The number of H-pyrrole nitrogens is 1. The van der Waals surface area contributed by atoms with E-state index in [9.17, 15) is 14.3 Å². The Morgan fingerprint density at radius 3 is 2.73 bits per heavy atom. The number of benzene rings is 2. The zero-order chi connectivity index (χ0) is 26.2. The largest absolute Gasteiger partial charge is 0.466 e. The maximum atomic E-state index is 14.3. The lowest BCUT2D eigenvalue weighted by Gasteiger charge is -2.40. The number of hydrogen-bond acceptors (Lipinski definition) is 6. The van der Waals surface area contributed by atoms with Gasteiger partial charge in [0.15, 0.2) is 0 Å². The van der Waals surface area contributed by atoms with Gasteiger partial charge in [0.1, 0.15) is 5.82 Å². The zero-order valence-electron chi connectivity index (χ0n) is 21.1. The number of esters is 1. The molecule has 2 aromatic carbocycles. The van der Waals surface area contributed by atoms with E-state index >= 15 is 0 Å². The van der Waals surface area contributed by atoms with E-state index < -0.39 is 0 Å². The van der Waals surface area contributed by atoms with Crippen molar-refractivity contribution in [2.24, 2.45) is 17.8 Å². The molecule has 1 aliphatic heterocycles. The minimum Gasteiger partial charge on any atom is -0.466 e. The standard InChI is InChI=1S/C28H34ClFN4O3/c1-2-37-28(36)23(17-34-15-21(16-34)18-35)12-20(5-9-25-14-31-33-32-25)11-19-3-6-22(7-4-19)26-13-24(29)8-10-27(26)30/h3-4,6-8,10,13-14,20-21,23,35H,2,5,9,11-12,15-18H2,1H3,(H,31,32,33)/t20-,23+/m1/s1. The van der Waals surface area contributed by atoms with Gasteiger partial charge in [0.25, 0.3) is 0 Å². The van der Waals surface area contributed by atoms with Crippen molar-refractivity contribution in [2.75, 3.05) is 32.8 Å². The highest BCUT2D eigenvalue weighted by molar-refractivity contribution is 6.30. The first-order valence-electron chi connectivity index (χ1n) is 12.8. The molecule has 0 spiro atoms. The molecule has 2 atom stereocenters. The summed E-state index contributed by atoms with van der Waals surface area (Å²) in [5.74, 6) is -0.243. The van der Waals surface area contributed by atoms with Gasteiger partial charge in [-0.3, -0.25) is 4.79 Å². The normalized spacial score (nSPS) is 15.8. The number of aromatic nitrogens is 3. The molecule has 1 fully saturated rings. The number of aromatic amines is 1. The first kappa shape index (κ1) is 27.2. The van der Waals surface area contributed by atoms with Crippen molar-refractivity contribution in [3.05, 3.63) is 70.8 Å². The number of aliphatic hydroxyl groups is 1. The Morgan fingerprint density at radius 1 is 1.27 bits per heavy atom. The van der Waals surface area contributed by atoms with E-state index in [4.69, 9.17) is 16.3 Å². The molecule has 0 bridgehead atoms. The summed E-state index contributed by atoms with van der Waals surface area (Å²) in [7, 11) is 0. The van der Waals surface area contributed by atoms with Crippen molar-refractivity contribution >= 4 is 17.6 Å². The van der Waals surface area contributed by atoms with Gasteiger partial charge in [0.2, 0.25) is 0 Å². The van der Waals surface area contributed by atoms with Gasteiger partial charge in [0, 0.05) is 42.7 Å². The van der Waals surface area contributed by atoms with Crippen molar-refractivity contribution in [2.45, 2.75) is 32.6 Å². The molecule has 7 nitrogen and oxygen atoms in total. The SMILES string of the molecule is CCOC(=O)[C@@H](C[C@H](CCc1cn[nH]n1)Cc1ccc(-c2cc(Cl)ccc2F)cc1)CN1CC(CO)C1. The van der Waals surface area contributed by atoms with E-state index in [1.54, 1.807) is 18.3 Å². The van der Waals surface area contributed by atoms with Crippen molar-refractivity contribution in [3.63, 3.8) is 0 Å². The molecule has 0 aliphatic carbocycles. The number of aryl methyl sites for hydroxylation is 1. The van der Waals surface area contributed by atoms with Crippen LogP contribution in [0.25, 0.3) is 11.1 Å². The number of rotatable bonds is 13. The molecule has 9 heteroatoms. The zero-order valence-corrected chi connectivity index (χ0v) is 21.8. The minimum atomic E-state index is -0.311. The van der Waals surface area contributed by atoms with Crippen LogP contribution in [0, 0.1) is 23.6 Å². The van der Waals surface area contributed by atoms with Crippen molar-refractivity contribution in [3.8, 4) is 11.1 Å². The Morgan fingerprint density at radius 2 is 2.05 bits per heavy atom. The molecule has 37 heavy (non-hydrogen) atoms. The Kier molecular flexibility index (Phi) is 9.66. The van der Waals surface area contributed by atoms with E-state index in [0.29, 0.717) is 30.2 Å². The number of carbonyl (C=O) groups is 1. The molecular formula is C28H34ClFN4O3. The first-order chi connectivity index (χ1) is 17.9. The molecule has 0 radical (unpaired) electrons. The predicted octanol–water partition coefficient (Wildman–Crippen LogP) is 4.55. The second-order valence-electron chi connectivity index (χ2n) is 9.84. The molecule has 0 unspecified atom stereocenters. The topological polar surface area (TPSA) is 91.3 Å².